The van der Waals surface area contributed by atoms with Crippen LogP contribution in [0, 0.1) is 17.1 Å². The van der Waals surface area contributed by atoms with Gasteiger partial charge < -0.3 is 0 Å². The van der Waals surface area contributed by atoms with Crippen LogP contribution >= 0.6 is 31.9 Å². The van der Waals surface area contributed by atoms with Crippen molar-refractivity contribution in [1.29, 1.82) is 5.26 Å². The molecular weight excluding hydrogens is 277 g/mol. The summed E-state index contributed by atoms with van der Waals surface area (Å²) >= 11 is 6.11. The van der Waals surface area contributed by atoms with Crippen molar-refractivity contribution < 1.29 is 4.39 Å². The predicted octanol–water partition coefficient (Wildman–Crippen LogP) is 3.22. The van der Waals surface area contributed by atoms with Crippen molar-refractivity contribution in [3.63, 3.8) is 0 Å². The first-order valence-electron chi connectivity index (χ1n) is 2.70. The molecule has 1 rings (SSSR count). The van der Waals surface area contributed by atoms with Gasteiger partial charge in [-0.3, -0.25) is 0 Å². The van der Waals surface area contributed by atoms with Crippen molar-refractivity contribution in [2.75, 3.05) is 0 Å². The summed E-state index contributed by atoms with van der Waals surface area (Å²) < 4.78 is 13.9. The van der Waals surface area contributed by atoms with Gasteiger partial charge >= 0.3 is 0 Å². The lowest BCUT2D eigenvalue weighted by Crippen LogP contribution is -1.85. The molecule has 0 atom stereocenters. The fourth-order valence-corrected chi connectivity index (χ4v) is 1.26. The first-order valence-corrected chi connectivity index (χ1v) is 4.29. The molecule has 0 unspecified atom stereocenters. The molecule has 0 amide bonds. The molecule has 0 saturated carbocycles. The molecule has 4 heteroatoms. The highest BCUT2D eigenvalue weighted by molar-refractivity contribution is 9.13. The molecule has 0 aliphatic carbocycles. The van der Waals surface area contributed by atoms with E-state index in [1.165, 1.54) is 6.07 Å². The Bertz CT molecular complexity index is 330. The van der Waals surface area contributed by atoms with Gasteiger partial charge in [-0.1, -0.05) is 0 Å². The van der Waals surface area contributed by atoms with Crippen LogP contribution < -0.4 is 0 Å². The van der Waals surface area contributed by atoms with Gasteiger partial charge in [0.25, 0.3) is 0 Å². The minimum atomic E-state index is -0.526. The van der Waals surface area contributed by atoms with E-state index in [1.54, 1.807) is 12.1 Å². The Kier molecular flexibility index (Phi) is 2.63. The molecule has 56 valence electrons. The van der Waals surface area contributed by atoms with Crippen molar-refractivity contribution in [3.05, 3.63) is 32.5 Å². The topological polar surface area (TPSA) is 23.8 Å². The summed E-state index contributed by atoms with van der Waals surface area (Å²) in [7, 11) is 0. The minimum absolute atomic E-state index is 0.0417. The molecule has 1 aromatic rings. The van der Waals surface area contributed by atoms with Gasteiger partial charge in [0.1, 0.15) is 6.07 Å². The van der Waals surface area contributed by atoms with Crippen molar-refractivity contribution in [2.45, 2.75) is 0 Å². The molecule has 0 bridgehead atoms. The molecule has 0 heterocycles. The van der Waals surface area contributed by atoms with E-state index >= 15 is 0 Å². The van der Waals surface area contributed by atoms with E-state index in [0.29, 0.717) is 4.47 Å². The number of halogens is 3. The number of hydrogen-bond acceptors (Lipinski definition) is 1. The molecule has 1 nitrogen and oxygen atoms in total. The van der Waals surface area contributed by atoms with E-state index in [4.69, 9.17) is 5.26 Å². The third kappa shape index (κ3) is 1.60. The Hall–Kier alpha value is -0.400. The van der Waals surface area contributed by atoms with Gasteiger partial charge in [-0.25, -0.2) is 4.39 Å². The second kappa shape index (κ2) is 3.33. The Morgan fingerprint density at radius 1 is 1.36 bits per heavy atom. The van der Waals surface area contributed by atoms with Gasteiger partial charge in [0, 0.05) is 4.47 Å². The minimum Gasteiger partial charge on any atom is -0.204 e. The lowest BCUT2D eigenvalue weighted by molar-refractivity contribution is 0.616. The van der Waals surface area contributed by atoms with Crippen LogP contribution in [0.5, 0.6) is 0 Å². The smallest absolute Gasteiger partial charge is 0.156 e. The molecule has 0 aliphatic rings. The number of nitrogens with zero attached hydrogens (tertiary/aromatic N) is 1. The van der Waals surface area contributed by atoms with Crippen LogP contribution in [0.25, 0.3) is 0 Å². The molecular formula is C7H2Br2FN. The fraction of sp³-hybridized carbons (Fsp3) is 0. The Labute approximate surface area is 80.1 Å². The number of nitriles is 1. The number of rotatable bonds is 0. The highest BCUT2D eigenvalue weighted by atomic mass is 79.9. The average molecular weight is 279 g/mol. The Morgan fingerprint density at radius 2 is 2.00 bits per heavy atom. The van der Waals surface area contributed by atoms with Crippen LogP contribution in [-0.4, -0.2) is 0 Å². The molecule has 0 radical (unpaired) electrons. The van der Waals surface area contributed by atoms with Gasteiger partial charge in [0.05, 0.1) is 10.0 Å². The zero-order valence-corrected chi connectivity index (χ0v) is 8.41. The first-order chi connectivity index (χ1) is 5.16. The highest BCUT2D eigenvalue weighted by Gasteiger charge is 2.07. The van der Waals surface area contributed by atoms with Crippen molar-refractivity contribution in [3.8, 4) is 6.07 Å². The zero-order chi connectivity index (χ0) is 8.43. The normalized spacial score (nSPS) is 9.27. The second-order valence-electron chi connectivity index (χ2n) is 1.83. The molecule has 1 aromatic carbocycles. The van der Waals surface area contributed by atoms with E-state index in [0.717, 1.165) is 0 Å². The SMILES string of the molecule is N#Cc1ccc(Br)c(Br)c1F. The molecule has 0 aromatic heterocycles. The largest absolute Gasteiger partial charge is 0.204 e. The van der Waals surface area contributed by atoms with Crippen molar-refractivity contribution in [2.24, 2.45) is 0 Å². The van der Waals surface area contributed by atoms with Crippen LogP contribution in [0.4, 0.5) is 4.39 Å². The highest BCUT2D eigenvalue weighted by Crippen LogP contribution is 2.27. The van der Waals surface area contributed by atoms with Gasteiger partial charge in [0.2, 0.25) is 0 Å². The van der Waals surface area contributed by atoms with E-state index in [2.05, 4.69) is 31.9 Å². The van der Waals surface area contributed by atoms with E-state index in [1.807, 2.05) is 0 Å². The molecule has 11 heavy (non-hydrogen) atoms. The van der Waals surface area contributed by atoms with E-state index < -0.39 is 5.82 Å². The van der Waals surface area contributed by atoms with Crippen LogP contribution in [0.15, 0.2) is 21.1 Å². The van der Waals surface area contributed by atoms with Gasteiger partial charge in [-0.15, -0.1) is 0 Å². The summed E-state index contributed by atoms with van der Waals surface area (Å²) in [4.78, 5) is 0. The third-order valence-electron chi connectivity index (χ3n) is 1.16. The predicted molar refractivity (Wildman–Crippen MR) is 46.5 cm³/mol. The molecule has 0 saturated heterocycles. The summed E-state index contributed by atoms with van der Waals surface area (Å²) in [6.45, 7) is 0. The lowest BCUT2D eigenvalue weighted by atomic mass is 10.2. The monoisotopic (exact) mass is 277 g/mol. The Morgan fingerprint density at radius 3 is 2.55 bits per heavy atom. The van der Waals surface area contributed by atoms with Crippen molar-refractivity contribution in [1.82, 2.24) is 0 Å². The van der Waals surface area contributed by atoms with Gasteiger partial charge in [0.15, 0.2) is 5.82 Å². The molecule has 0 spiro atoms. The van der Waals surface area contributed by atoms with Gasteiger partial charge in [-0.05, 0) is 44.0 Å². The number of benzene rings is 1. The molecule has 0 N–H and O–H groups in total. The second-order valence-corrected chi connectivity index (χ2v) is 3.48. The van der Waals surface area contributed by atoms with Gasteiger partial charge in [-0.2, -0.15) is 5.26 Å². The lowest BCUT2D eigenvalue weighted by Gasteiger charge is -1.97. The average Bonchev–Trinajstić information content (AvgIpc) is 2.01. The molecule has 0 aliphatic heterocycles. The summed E-state index contributed by atoms with van der Waals surface area (Å²) in [5.74, 6) is -0.526. The van der Waals surface area contributed by atoms with E-state index in [-0.39, 0.29) is 10.0 Å². The zero-order valence-electron chi connectivity index (χ0n) is 5.24. The Balaban J connectivity index is 3.40. The quantitative estimate of drug-likeness (QED) is 0.669. The van der Waals surface area contributed by atoms with Crippen LogP contribution in [0.2, 0.25) is 0 Å². The summed E-state index contributed by atoms with van der Waals surface area (Å²) in [6.07, 6.45) is 0. The van der Waals surface area contributed by atoms with Crippen LogP contribution in [0.1, 0.15) is 5.56 Å². The molecule has 0 fully saturated rings. The maximum atomic E-state index is 13.0. The fourth-order valence-electron chi connectivity index (χ4n) is 0.612. The summed E-state index contributed by atoms with van der Waals surface area (Å²) in [5, 5.41) is 8.41. The van der Waals surface area contributed by atoms with Crippen LogP contribution in [0.3, 0.4) is 0 Å². The summed E-state index contributed by atoms with van der Waals surface area (Å²) in [6, 6.07) is 4.78. The first kappa shape index (κ1) is 8.69. The van der Waals surface area contributed by atoms with E-state index in [9.17, 15) is 4.39 Å². The van der Waals surface area contributed by atoms with Crippen molar-refractivity contribution >= 4 is 31.9 Å². The number of hydrogen-bond donors (Lipinski definition) is 0. The standard InChI is InChI=1S/C7H2Br2FN/c8-5-2-1-4(3-11)7(10)6(5)9/h1-2H. The summed E-state index contributed by atoms with van der Waals surface area (Å²) in [5.41, 5.74) is 0.0417. The maximum absolute atomic E-state index is 13.0. The van der Waals surface area contributed by atoms with Crippen LogP contribution in [-0.2, 0) is 0 Å². The maximum Gasteiger partial charge on any atom is 0.156 e. The third-order valence-corrected chi connectivity index (χ3v) is 3.12.